The Hall–Kier alpha value is -3.29. The standard InChI is InChI=1S/C20H22N6O2/c1-14-11-21-25(12-14)18-7-4-8-24(13-18)19-9-15(2)22-20(23-19)16-5-3-6-17(10-16)26(27)28/h3,5-6,9-12,18H,4,7-8,13H2,1-2H3. The Kier molecular flexibility index (Phi) is 4.77. The summed E-state index contributed by atoms with van der Waals surface area (Å²) >= 11 is 0. The number of hydrogen-bond acceptors (Lipinski definition) is 6. The molecule has 0 amide bonds. The minimum absolute atomic E-state index is 0.0382. The number of piperidine rings is 1. The normalized spacial score (nSPS) is 16.9. The van der Waals surface area contributed by atoms with Crippen molar-refractivity contribution in [2.45, 2.75) is 32.7 Å². The quantitative estimate of drug-likeness (QED) is 0.508. The summed E-state index contributed by atoms with van der Waals surface area (Å²) in [6.45, 7) is 5.71. The third kappa shape index (κ3) is 3.71. The lowest BCUT2D eigenvalue weighted by molar-refractivity contribution is -0.384. The van der Waals surface area contributed by atoms with E-state index in [2.05, 4.69) is 21.2 Å². The number of nitro groups is 1. The molecule has 0 saturated carbocycles. The molecule has 0 spiro atoms. The number of benzene rings is 1. The lowest BCUT2D eigenvalue weighted by Crippen LogP contribution is -2.37. The van der Waals surface area contributed by atoms with Gasteiger partial charge in [0.25, 0.3) is 5.69 Å². The molecule has 0 aliphatic carbocycles. The molecule has 0 bridgehead atoms. The number of anilines is 1. The van der Waals surface area contributed by atoms with Gasteiger partial charge < -0.3 is 4.90 Å². The Bertz CT molecular complexity index is 1020. The predicted molar refractivity (Wildman–Crippen MR) is 106 cm³/mol. The number of hydrogen-bond donors (Lipinski definition) is 0. The number of aryl methyl sites for hydroxylation is 2. The van der Waals surface area contributed by atoms with Gasteiger partial charge in [0.05, 0.1) is 17.2 Å². The van der Waals surface area contributed by atoms with Crippen LogP contribution in [0, 0.1) is 24.0 Å². The smallest absolute Gasteiger partial charge is 0.270 e. The van der Waals surface area contributed by atoms with Crippen LogP contribution < -0.4 is 4.90 Å². The third-order valence-corrected chi connectivity index (χ3v) is 4.98. The van der Waals surface area contributed by atoms with Gasteiger partial charge in [0.2, 0.25) is 0 Å². The van der Waals surface area contributed by atoms with Crippen molar-refractivity contribution in [3.63, 3.8) is 0 Å². The second kappa shape index (κ2) is 7.38. The first-order chi connectivity index (χ1) is 13.5. The van der Waals surface area contributed by atoms with Gasteiger partial charge in [0, 0.05) is 48.7 Å². The Morgan fingerprint density at radius 2 is 2.07 bits per heavy atom. The molecular weight excluding hydrogens is 356 g/mol. The Balaban J connectivity index is 1.63. The summed E-state index contributed by atoms with van der Waals surface area (Å²) in [5, 5.41) is 15.6. The van der Waals surface area contributed by atoms with Crippen molar-refractivity contribution in [2.75, 3.05) is 18.0 Å². The van der Waals surface area contributed by atoms with E-state index in [1.54, 1.807) is 12.1 Å². The Morgan fingerprint density at radius 1 is 1.21 bits per heavy atom. The molecule has 3 aromatic rings. The van der Waals surface area contributed by atoms with E-state index in [9.17, 15) is 10.1 Å². The van der Waals surface area contributed by atoms with Crippen LogP contribution in [0.5, 0.6) is 0 Å². The summed E-state index contributed by atoms with van der Waals surface area (Å²) in [5.41, 5.74) is 2.68. The lowest BCUT2D eigenvalue weighted by atomic mass is 10.1. The van der Waals surface area contributed by atoms with Crippen molar-refractivity contribution in [1.29, 1.82) is 0 Å². The highest BCUT2D eigenvalue weighted by Gasteiger charge is 2.23. The van der Waals surface area contributed by atoms with E-state index in [0.717, 1.165) is 43.0 Å². The summed E-state index contributed by atoms with van der Waals surface area (Å²) in [5.74, 6) is 1.36. The molecule has 3 heterocycles. The summed E-state index contributed by atoms with van der Waals surface area (Å²) < 4.78 is 2.04. The molecule has 144 valence electrons. The van der Waals surface area contributed by atoms with Crippen LogP contribution >= 0.6 is 0 Å². The molecule has 28 heavy (non-hydrogen) atoms. The highest BCUT2D eigenvalue weighted by Crippen LogP contribution is 2.28. The molecule has 1 saturated heterocycles. The number of rotatable bonds is 4. The average Bonchev–Trinajstić information content (AvgIpc) is 3.14. The summed E-state index contributed by atoms with van der Waals surface area (Å²) in [7, 11) is 0. The first kappa shape index (κ1) is 18.1. The maximum Gasteiger partial charge on any atom is 0.270 e. The molecule has 1 atom stereocenters. The van der Waals surface area contributed by atoms with Gasteiger partial charge in [-0.2, -0.15) is 5.10 Å². The van der Waals surface area contributed by atoms with Crippen molar-refractivity contribution in [2.24, 2.45) is 0 Å². The van der Waals surface area contributed by atoms with Gasteiger partial charge in [0.15, 0.2) is 5.82 Å². The molecule has 0 radical (unpaired) electrons. The van der Waals surface area contributed by atoms with Gasteiger partial charge in [-0.15, -0.1) is 0 Å². The van der Waals surface area contributed by atoms with E-state index < -0.39 is 4.92 Å². The van der Waals surface area contributed by atoms with Gasteiger partial charge in [-0.05, 0) is 32.3 Å². The first-order valence-electron chi connectivity index (χ1n) is 9.36. The van der Waals surface area contributed by atoms with E-state index in [0.29, 0.717) is 17.4 Å². The van der Waals surface area contributed by atoms with Gasteiger partial charge in [-0.25, -0.2) is 9.97 Å². The molecule has 0 N–H and O–H groups in total. The van der Waals surface area contributed by atoms with Crippen molar-refractivity contribution < 1.29 is 4.92 Å². The van der Waals surface area contributed by atoms with E-state index >= 15 is 0 Å². The van der Waals surface area contributed by atoms with Crippen LogP contribution in [0.15, 0.2) is 42.7 Å². The Labute approximate surface area is 163 Å². The largest absolute Gasteiger partial charge is 0.354 e. The average molecular weight is 378 g/mol. The van der Waals surface area contributed by atoms with Crippen LogP contribution in [0.3, 0.4) is 0 Å². The van der Waals surface area contributed by atoms with Crippen LogP contribution in [-0.4, -0.2) is 37.8 Å². The maximum atomic E-state index is 11.1. The fourth-order valence-electron chi connectivity index (χ4n) is 3.61. The fraction of sp³-hybridized carbons (Fsp3) is 0.350. The van der Waals surface area contributed by atoms with Crippen LogP contribution in [0.25, 0.3) is 11.4 Å². The molecule has 1 aliphatic rings. The number of nitrogens with zero attached hydrogens (tertiary/aromatic N) is 6. The minimum Gasteiger partial charge on any atom is -0.354 e. The zero-order valence-corrected chi connectivity index (χ0v) is 15.9. The maximum absolute atomic E-state index is 11.1. The second-order valence-electron chi connectivity index (χ2n) is 7.24. The van der Waals surface area contributed by atoms with Gasteiger partial charge in [-0.1, -0.05) is 12.1 Å². The van der Waals surface area contributed by atoms with Crippen LogP contribution in [0.2, 0.25) is 0 Å². The summed E-state index contributed by atoms with van der Waals surface area (Å²) in [4.78, 5) is 22.2. The van der Waals surface area contributed by atoms with E-state index in [4.69, 9.17) is 4.98 Å². The zero-order valence-electron chi connectivity index (χ0n) is 15.9. The Morgan fingerprint density at radius 3 is 2.82 bits per heavy atom. The van der Waals surface area contributed by atoms with Crippen LogP contribution in [-0.2, 0) is 0 Å². The van der Waals surface area contributed by atoms with Crippen molar-refractivity contribution in [3.8, 4) is 11.4 Å². The summed E-state index contributed by atoms with van der Waals surface area (Å²) in [6, 6.07) is 8.73. The molecule has 8 nitrogen and oxygen atoms in total. The van der Waals surface area contributed by atoms with E-state index in [-0.39, 0.29) is 5.69 Å². The molecule has 1 fully saturated rings. The van der Waals surface area contributed by atoms with E-state index in [1.807, 2.05) is 30.8 Å². The number of nitro benzene ring substituents is 1. The van der Waals surface area contributed by atoms with E-state index in [1.165, 1.54) is 12.1 Å². The number of aromatic nitrogens is 4. The van der Waals surface area contributed by atoms with Crippen molar-refractivity contribution >= 4 is 11.5 Å². The molecule has 1 unspecified atom stereocenters. The van der Waals surface area contributed by atoms with Gasteiger partial charge in [-0.3, -0.25) is 14.8 Å². The SMILES string of the molecule is Cc1cnn(C2CCCN(c3cc(C)nc(-c4cccc([N+](=O)[O-])c4)n3)C2)c1. The van der Waals surface area contributed by atoms with Crippen molar-refractivity contribution in [3.05, 3.63) is 64.1 Å². The van der Waals surface area contributed by atoms with Crippen LogP contribution in [0.4, 0.5) is 11.5 Å². The molecular formula is C20H22N6O2. The molecule has 1 aliphatic heterocycles. The molecule has 2 aromatic heterocycles. The van der Waals surface area contributed by atoms with Gasteiger partial charge in [0.1, 0.15) is 5.82 Å². The van der Waals surface area contributed by atoms with Gasteiger partial charge >= 0.3 is 0 Å². The monoisotopic (exact) mass is 378 g/mol. The minimum atomic E-state index is -0.401. The topological polar surface area (TPSA) is 90.0 Å². The summed E-state index contributed by atoms with van der Waals surface area (Å²) in [6.07, 6.45) is 6.10. The highest BCUT2D eigenvalue weighted by molar-refractivity contribution is 5.61. The zero-order chi connectivity index (χ0) is 19.7. The van der Waals surface area contributed by atoms with Crippen LogP contribution in [0.1, 0.15) is 30.1 Å². The second-order valence-corrected chi connectivity index (χ2v) is 7.24. The fourth-order valence-corrected chi connectivity index (χ4v) is 3.61. The van der Waals surface area contributed by atoms with Crippen molar-refractivity contribution in [1.82, 2.24) is 19.7 Å². The number of non-ortho nitro benzene ring substituents is 1. The first-order valence-corrected chi connectivity index (χ1v) is 9.36. The molecule has 8 heteroatoms. The molecule has 1 aromatic carbocycles. The molecule has 4 rings (SSSR count). The third-order valence-electron chi connectivity index (χ3n) is 4.98. The predicted octanol–water partition coefficient (Wildman–Crippen LogP) is 3.71. The highest BCUT2D eigenvalue weighted by atomic mass is 16.6. The lowest BCUT2D eigenvalue weighted by Gasteiger charge is -2.34.